The molecule has 0 saturated carbocycles. The number of ether oxygens (including phenoxy) is 2. The first-order valence-electron chi connectivity index (χ1n) is 11.1. The van der Waals surface area contributed by atoms with Crippen molar-refractivity contribution in [3.63, 3.8) is 0 Å². The summed E-state index contributed by atoms with van der Waals surface area (Å²) in [5, 5.41) is 0. The van der Waals surface area contributed by atoms with Crippen LogP contribution in [0, 0.1) is 0 Å². The van der Waals surface area contributed by atoms with Gasteiger partial charge in [0.15, 0.2) is 0 Å². The van der Waals surface area contributed by atoms with Crippen LogP contribution in [0.4, 0.5) is 0 Å². The van der Waals surface area contributed by atoms with E-state index in [2.05, 4.69) is 11.6 Å². The van der Waals surface area contributed by atoms with Crippen molar-refractivity contribution < 1.29 is 22.7 Å². The van der Waals surface area contributed by atoms with Crippen molar-refractivity contribution in [2.75, 3.05) is 33.4 Å². The second kappa shape index (κ2) is 11.3. The van der Waals surface area contributed by atoms with Gasteiger partial charge in [-0.1, -0.05) is 31.9 Å². The number of amides is 1. The highest BCUT2D eigenvalue weighted by Gasteiger charge is 2.24. The van der Waals surface area contributed by atoms with Crippen molar-refractivity contribution in [2.45, 2.75) is 43.9 Å². The molecule has 0 aliphatic carbocycles. The SMILES string of the molecule is CCc1ccc(OCCNS(=O)(=O)c2ccc(OC)c(C(=O)N3CCCCCC3)c2)cc1. The van der Waals surface area contributed by atoms with Crippen LogP contribution in [0.3, 0.4) is 0 Å². The Kier molecular flexibility index (Phi) is 8.53. The van der Waals surface area contributed by atoms with Crippen LogP contribution in [0.25, 0.3) is 0 Å². The highest BCUT2D eigenvalue weighted by atomic mass is 32.2. The Hall–Kier alpha value is -2.58. The summed E-state index contributed by atoms with van der Waals surface area (Å²) in [6.45, 7) is 3.73. The second-order valence-electron chi connectivity index (χ2n) is 7.81. The highest BCUT2D eigenvalue weighted by Crippen LogP contribution is 2.25. The minimum absolute atomic E-state index is 0.0313. The van der Waals surface area contributed by atoms with Gasteiger partial charge < -0.3 is 14.4 Å². The fourth-order valence-corrected chi connectivity index (χ4v) is 4.75. The smallest absolute Gasteiger partial charge is 0.257 e. The largest absolute Gasteiger partial charge is 0.496 e. The number of aryl methyl sites for hydroxylation is 1. The molecular weight excluding hydrogens is 428 g/mol. The van der Waals surface area contributed by atoms with Gasteiger partial charge in [0.25, 0.3) is 5.91 Å². The van der Waals surface area contributed by atoms with E-state index < -0.39 is 10.0 Å². The lowest BCUT2D eigenvalue weighted by Gasteiger charge is -2.22. The van der Waals surface area contributed by atoms with Crippen molar-refractivity contribution in [1.82, 2.24) is 9.62 Å². The molecule has 1 saturated heterocycles. The number of carbonyl (C=O) groups excluding carboxylic acids is 1. The van der Waals surface area contributed by atoms with Crippen LogP contribution in [-0.4, -0.2) is 52.6 Å². The number of nitrogens with one attached hydrogen (secondary N) is 1. The van der Waals surface area contributed by atoms with Crippen molar-refractivity contribution >= 4 is 15.9 Å². The van der Waals surface area contributed by atoms with E-state index >= 15 is 0 Å². The van der Waals surface area contributed by atoms with E-state index in [1.807, 2.05) is 24.3 Å². The van der Waals surface area contributed by atoms with Crippen LogP contribution in [0.5, 0.6) is 11.5 Å². The maximum atomic E-state index is 13.1. The number of rotatable bonds is 9. The van der Waals surface area contributed by atoms with E-state index in [0.29, 0.717) is 24.6 Å². The Labute approximate surface area is 190 Å². The standard InChI is InChI=1S/C24H32N2O5S/c1-3-19-8-10-20(11-9-19)31-17-14-25-32(28,29)21-12-13-23(30-2)22(18-21)24(27)26-15-6-4-5-7-16-26/h8-13,18,25H,3-7,14-17H2,1-2H3. The normalized spacial score (nSPS) is 14.6. The zero-order valence-electron chi connectivity index (χ0n) is 18.8. The molecule has 1 N–H and O–H groups in total. The van der Waals surface area contributed by atoms with Crippen molar-refractivity contribution in [1.29, 1.82) is 0 Å². The predicted octanol–water partition coefficient (Wildman–Crippen LogP) is 3.63. The maximum absolute atomic E-state index is 13.1. The van der Waals surface area contributed by atoms with Crippen LogP contribution in [0.2, 0.25) is 0 Å². The summed E-state index contributed by atoms with van der Waals surface area (Å²) in [5.74, 6) is 0.868. The highest BCUT2D eigenvalue weighted by molar-refractivity contribution is 7.89. The fourth-order valence-electron chi connectivity index (χ4n) is 3.72. The molecule has 1 aliphatic rings. The summed E-state index contributed by atoms with van der Waals surface area (Å²) < 4.78 is 39.1. The minimum Gasteiger partial charge on any atom is -0.496 e. The number of hydrogen-bond donors (Lipinski definition) is 1. The molecule has 174 valence electrons. The predicted molar refractivity (Wildman–Crippen MR) is 124 cm³/mol. The van der Waals surface area contributed by atoms with Gasteiger partial charge in [-0.15, -0.1) is 0 Å². The molecule has 1 heterocycles. The van der Waals surface area contributed by atoms with E-state index in [1.165, 1.54) is 30.9 Å². The number of methoxy groups -OCH3 is 1. The van der Waals surface area contributed by atoms with Crippen LogP contribution in [-0.2, 0) is 16.4 Å². The lowest BCUT2D eigenvalue weighted by molar-refractivity contribution is 0.0758. The Morgan fingerprint density at radius 3 is 2.34 bits per heavy atom. The lowest BCUT2D eigenvalue weighted by atomic mass is 10.1. The second-order valence-corrected chi connectivity index (χ2v) is 9.58. The third-order valence-corrected chi connectivity index (χ3v) is 7.06. The number of nitrogens with zero attached hydrogens (tertiary/aromatic N) is 1. The Bertz CT molecular complexity index is 998. The number of sulfonamides is 1. The summed E-state index contributed by atoms with van der Waals surface area (Å²) in [4.78, 5) is 14.9. The third kappa shape index (κ3) is 6.23. The summed E-state index contributed by atoms with van der Waals surface area (Å²) in [6, 6.07) is 12.1. The molecule has 2 aromatic rings. The monoisotopic (exact) mass is 460 g/mol. The number of benzene rings is 2. The van der Waals surface area contributed by atoms with Crippen LogP contribution in [0.15, 0.2) is 47.4 Å². The minimum atomic E-state index is -3.80. The van der Waals surface area contributed by atoms with Gasteiger partial charge in [0, 0.05) is 19.6 Å². The Balaban J connectivity index is 1.65. The maximum Gasteiger partial charge on any atom is 0.257 e. The first-order valence-corrected chi connectivity index (χ1v) is 12.6. The number of carbonyl (C=O) groups is 1. The molecule has 0 bridgehead atoms. The van der Waals surface area contributed by atoms with E-state index in [-0.39, 0.29) is 29.5 Å². The first kappa shape index (κ1) is 24.1. The molecule has 32 heavy (non-hydrogen) atoms. The van der Waals surface area contributed by atoms with Crippen LogP contribution < -0.4 is 14.2 Å². The molecule has 7 nitrogen and oxygen atoms in total. The Morgan fingerprint density at radius 2 is 1.72 bits per heavy atom. The van der Waals surface area contributed by atoms with Gasteiger partial charge in [0.05, 0.1) is 17.6 Å². The van der Waals surface area contributed by atoms with Gasteiger partial charge in [-0.2, -0.15) is 0 Å². The lowest BCUT2D eigenvalue weighted by Crippen LogP contribution is -2.32. The van der Waals surface area contributed by atoms with E-state index in [4.69, 9.17) is 9.47 Å². The molecule has 0 unspecified atom stereocenters. The zero-order chi connectivity index (χ0) is 23.0. The molecule has 1 aliphatic heterocycles. The van der Waals surface area contributed by atoms with Gasteiger partial charge in [0.2, 0.25) is 10.0 Å². The number of hydrogen-bond acceptors (Lipinski definition) is 5. The molecule has 8 heteroatoms. The van der Waals surface area contributed by atoms with Gasteiger partial charge in [-0.25, -0.2) is 13.1 Å². The van der Waals surface area contributed by atoms with Crippen molar-refractivity contribution in [3.8, 4) is 11.5 Å². The summed E-state index contributed by atoms with van der Waals surface area (Å²) >= 11 is 0. The molecule has 3 rings (SSSR count). The average molecular weight is 461 g/mol. The molecule has 2 aromatic carbocycles. The zero-order valence-corrected chi connectivity index (χ0v) is 19.6. The van der Waals surface area contributed by atoms with Crippen molar-refractivity contribution in [3.05, 3.63) is 53.6 Å². The van der Waals surface area contributed by atoms with Gasteiger partial charge in [-0.05, 0) is 55.2 Å². The van der Waals surface area contributed by atoms with E-state index in [9.17, 15) is 13.2 Å². The molecule has 1 fully saturated rings. The van der Waals surface area contributed by atoms with Gasteiger partial charge in [0.1, 0.15) is 18.1 Å². The van der Waals surface area contributed by atoms with Gasteiger partial charge >= 0.3 is 0 Å². The molecule has 0 atom stereocenters. The quantitative estimate of drug-likeness (QED) is 0.578. The summed E-state index contributed by atoms with van der Waals surface area (Å²) in [6.07, 6.45) is 5.06. The first-order chi connectivity index (χ1) is 15.4. The molecular formula is C24H32N2O5S. The van der Waals surface area contributed by atoms with Crippen LogP contribution in [0.1, 0.15) is 48.5 Å². The topological polar surface area (TPSA) is 84.9 Å². The summed E-state index contributed by atoms with van der Waals surface area (Å²) in [5.41, 5.74) is 1.48. The van der Waals surface area contributed by atoms with Crippen LogP contribution >= 0.6 is 0 Å². The third-order valence-electron chi connectivity index (χ3n) is 5.60. The molecule has 0 spiro atoms. The average Bonchev–Trinajstić information content (AvgIpc) is 3.11. The molecule has 1 amide bonds. The Morgan fingerprint density at radius 1 is 1.03 bits per heavy atom. The van der Waals surface area contributed by atoms with Crippen molar-refractivity contribution in [2.24, 2.45) is 0 Å². The van der Waals surface area contributed by atoms with E-state index in [0.717, 1.165) is 32.1 Å². The molecule has 0 radical (unpaired) electrons. The molecule has 0 aromatic heterocycles. The number of likely N-dealkylation sites (tertiary alicyclic amines) is 1. The fraction of sp³-hybridized carbons (Fsp3) is 0.458. The summed E-state index contributed by atoms with van der Waals surface area (Å²) in [7, 11) is -2.32. The van der Waals surface area contributed by atoms with E-state index in [1.54, 1.807) is 4.90 Å². The van der Waals surface area contributed by atoms with Gasteiger partial charge in [-0.3, -0.25) is 4.79 Å².